The van der Waals surface area contributed by atoms with Gasteiger partial charge < -0.3 is 24.4 Å². The fraction of sp³-hybridized carbons (Fsp3) is 0.310. The minimum absolute atomic E-state index is 0.0968. The van der Waals surface area contributed by atoms with E-state index in [0.29, 0.717) is 43.6 Å². The van der Waals surface area contributed by atoms with Gasteiger partial charge in [0, 0.05) is 22.7 Å². The minimum atomic E-state index is -1.17. The fourth-order valence-electron chi connectivity index (χ4n) is 4.77. The van der Waals surface area contributed by atoms with Gasteiger partial charge in [0.1, 0.15) is 29.4 Å². The summed E-state index contributed by atoms with van der Waals surface area (Å²) in [6.45, 7) is 2.61. The lowest BCUT2D eigenvalue weighted by Gasteiger charge is -2.49. The molecule has 39 heavy (non-hydrogen) atoms. The number of carboxylic acids is 1. The van der Waals surface area contributed by atoms with Crippen LogP contribution in [-0.2, 0) is 17.0 Å². The second-order valence-corrected chi connectivity index (χ2v) is 11.0. The third kappa shape index (κ3) is 5.82. The normalized spacial score (nSPS) is 16.9. The maximum atomic E-state index is 11.2. The molecule has 3 aromatic rings. The molecule has 0 amide bonds. The van der Waals surface area contributed by atoms with E-state index >= 15 is 0 Å². The SMILES string of the molecule is C/C=C\C(=C/CC(=O)O)N1CC(O)(c2ccc(OCc3c(-c4c(Cl)cccc4Cl)noc3C3CC3)cc2Cl)C1. The summed E-state index contributed by atoms with van der Waals surface area (Å²) >= 11 is 19.5. The standard InChI is InChI=1S/C29H27Cl3N2O5/c1-2-4-18(9-12-25(35)36)34-15-29(37,16-34)21-11-10-19(13-24(21)32)38-14-20-27(33-39-28(20)17-7-8-17)26-22(30)5-3-6-23(26)31/h2-6,9-11,13,17,37H,7-8,12,14-16H2,1H3,(H,35,36)/b4-2-,18-9+. The van der Waals surface area contributed by atoms with Crippen LogP contribution in [0.2, 0.25) is 15.1 Å². The van der Waals surface area contributed by atoms with Crippen LogP contribution in [0.25, 0.3) is 11.3 Å². The molecule has 0 spiro atoms. The summed E-state index contributed by atoms with van der Waals surface area (Å²) in [5.74, 6) is 0.688. The Bertz CT molecular complexity index is 1430. The molecule has 1 aliphatic heterocycles. The second-order valence-electron chi connectivity index (χ2n) is 9.79. The summed E-state index contributed by atoms with van der Waals surface area (Å²) in [5, 5.41) is 25.9. The molecular formula is C29H27Cl3N2O5. The Balaban J connectivity index is 1.32. The average molecular weight is 590 g/mol. The van der Waals surface area contributed by atoms with Gasteiger partial charge >= 0.3 is 5.97 Å². The number of allylic oxidation sites excluding steroid dienone is 2. The zero-order valence-corrected chi connectivity index (χ0v) is 23.4. The third-order valence-corrected chi connectivity index (χ3v) is 7.83. The lowest BCUT2D eigenvalue weighted by molar-refractivity contribution is -0.136. The van der Waals surface area contributed by atoms with Crippen molar-refractivity contribution >= 4 is 40.8 Å². The molecule has 10 heteroatoms. The fourth-order valence-corrected chi connectivity index (χ4v) is 5.69. The van der Waals surface area contributed by atoms with Gasteiger partial charge in [-0.05, 0) is 50.1 Å². The van der Waals surface area contributed by atoms with Crippen molar-refractivity contribution < 1.29 is 24.3 Å². The first-order valence-electron chi connectivity index (χ1n) is 12.6. The molecule has 0 bridgehead atoms. The van der Waals surface area contributed by atoms with Crippen LogP contribution >= 0.6 is 34.8 Å². The number of rotatable bonds is 10. The number of ether oxygens (including phenoxy) is 1. The van der Waals surface area contributed by atoms with Crippen molar-refractivity contribution in [1.82, 2.24) is 10.1 Å². The van der Waals surface area contributed by atoms with E-state index in [1.54, 1.807) is 42.5 Å². The van der Waals surface area contributed by atoms with Crippen LogP contribution in [0.15, 0.2) is 64.8 Å². The van der Waals surface area contributed by atoms with Crippen LogP contribution in [0.5, 0.6) is 5.75 Å². The van der Waals surface area contributed by atoms with Gasteiger partial charge in [-0.2, -0.15) is 0 Å². The highest BCUT2D eigenvalue weighted by molar-refractivity contribution is 6.39. The smallest absolute Gasteiger partial charge is 0.307 e. The van der Waals surface area contributed by atoms with Crippen molar-refractivity contribution in [2.75, 3.05) is 13.1 Å². The summed E-state index contributed by atoms with van der Waals surface area (Å²) in [4.78, 5) is 12.9. The van der Waals surface area contributed by atoms with Gasteiger partial charge in [-0.3, -0.25) is 4.79 Å². The maximum Gasteiger partial charge on any atom is 0.307 e. The zero-order chi connectivity index (χ0) is 27.7. The monoisotopic (exact) mass is 588 g/mol. The van der Waals surface area contributed by atoms with Crippen molar-refractivity contribution in [3.8, 4) is 17.0 Å². The number of nitrogens with zero attached hydrogens (tertiary/aromatic N) is 2. The number of carboxylic acid groups (broad SMARTS) is 1. The third-order valence-electron chi connectivity index (χ3n) is 6.88. The van der Waals surface area contributed by atoms with Crippen LogP contribution in [-0.4, -0.2) is 39.3 Å². The van der Waals surface area contributed by atoms with Gasteiger partial charge in [0.15, 0.2) is 0 Å². The summed E-state index contributed by atoms with van der Waals surface area (Å²) in [6.07, 6.45) is 7.24. The number of benzene rings is 2. The van der Waals surface area contributed by atoms with Crippen LogP contribution < -0.4 is 4.74 Å². The number of aromatic nitrogens is 1. The van der Waals surface area contributed by atoms with Gasteiger partial charge in [-0.25, -0.2) is 0 Å². The molecule has 1 saturated heterocycles. The van der Waals surface area contributed by atoms with Crippen molar-refractivity contribution in [1.29, 1.82) is 0 Å². The predicted molar refractivity (Wildman–Crippen MR) is 150 cm³/mol. The molecule has 1 saturated carbocycles. The molecule has 5 rings (SSSR count). The van der Waals surface area contributed by atoms with Gasteiger partial charge in [-0.1, -0.05) is 64.2 Å². The molecular weight excluding hydrogens is 563 g/mol. The van der Waals surface area contributed by atoms with E-state index in [-0.39, 0.29) is 26.1 Å². The van der Waals surface area contributed by atoms with E-state index in [2.05, 4.69) is 5.16 Å². The van der Waals surface area contributed by atoms with E-state index in [4.69, 9.17) is 49.2 Å². The minimum Gasteiger partial charge on any atom is -0.489 e. The van der Waals surface area contributed by atoms with Crippen LogP contribution in [0.3, 0.4) is 0 Å². The van der Waals surface area contributed by atoms with Gasteiger partial charge in [0.25, 0.3) is 0 Å². The molecule has 204 valence electrons. The number of aliphatic carboxylic acids is 1. The molecule has 2 aliphatic rings. The van der Waals surface area contributed by atoms with Crippen LogP contribution in [0, 0.1) is 0 Å². The molecule has 0 atom stereocenters. The molecule has 0 unspecified atom stereocenters. The van der Waals surface area contributed by atoms with E-state index in [1.165, 1.54) is 0 Å². The van der Waals surface area contributed by atoms with Crippen molar-refractivity contribution in [3.05, 3.63) is 92.3 Å². The molecule has 2 fully saturated rings. The molecule has 1 aromatic heterocycles. The Kier molecular flexibility index (Phi) is 7.96. The lowest BCUT2D eigenvalue weighted by Crippen LogP contribution is -2.58. The number of hydrogen-bond donors (Lipinski definition) is 2. The Morgan fingerprint density at radius 1 is 1.18 bits per heavy atom. The first-order valence-corrected chi connectivity index (χ1v) is 13.7. The number of hydrogen-bond acceptors (Lipinski definition) is 6. The summed E-state index contributed by atoms with van der Waals surface area (Å²) in [5.41, 5.74) is 2.13. The highest BCUT2D eigenvalue weighted by Crippen LogP contribution is 2.46. The van der Waals surface area contributed by atoms with E-state index in [0.717, 1.165) is 29.9 Å². The predicted octanol–water partition coefficient (Wildman–Crippen LogP) is 7.20. The highest BCUT2D eigenvalue weighted by Gasteiger charge is 2.44. The zero-order valence-electron chi connectivity index (χ0n) is 21.2. The molecule has 0 radical (unpaired) electrons. The quantitative estimate of drug-likeness (QED) is 0.242. The number of aliphatic hydroxyl groups is 1. The number of carbonyl (C=O) groups is 1. The van der Waals surface area contributed by atoms with E-state index in [9.17, 15) is 9.90 Å². The number of β-amino-alcohol motifs (C(OH)–C–C–N with tert-alkyl or cyclic N) is 1. The first-order chi connectivity index (χ1) is 18.7. The summed E-state index contributed by atoms with van der Waals surface area (Å²) < 4.78 is 11.8. The van der Waals surface area contributed by atoms with Crippen molar-refractivity contribution in [3.63, 3.8) is 0 Å². The van der Waals surface area contributed by atoms with E-state index in [1.807, 2.05) is 24.0 Å². The Hall–Kier alpha value is -2.97. The highest BCUT2D eigenvalue weighted by atomic mass is 35.5. The molecule has 2 N–H and O–H groups in total. The maximum absolute atomic E-state index is 11.2. The molecule has 1 aliphatic carbocycles. The Labute approximate surface area is 241 Å². The summed E-state index contributed by atoms with van der Waals surface area (Å²) in [7, 11) is 0. The molecule has 2 heterocycles. The largest absolute Gasteiger partial charge is 0.489 e. The van der Waals surface area contributed by atoms with E-state index < -0.39 is 11.6 Å². The van der Waals surface area contributed by atoms with Crippen LogP contribution in [0.1, 0.15) is 49.0 Å². The second kappa shape index (κ2) is 11.3. The topological polar surface area (TPSA) is 96.0 Å². The first kappa shape index (κ1) is 27.6. The number of likely N-dealkylation sites (tertiary alicyclic amines) is 1. The summed E-state index contributed by atoms with van der Waals surface area (Å²) in [6, 6.07) is 10.5. The van der Waals surface area contributed by atoms with Crippen molar-refractivity contribution in [2.45, 2.75) is 44.3 Å². The Morgan fingerprint density at radius 3 is 2.51 bits per heavy atom. The van der Waals surface area contributed by atoms with Crippen LogP contribution in [0.4, 0.5) is 0 Å². The lowest BCUT2D eigenvalue weighted by atomic mass is 9.85. The molecule has 7 nitrogen and oxygen atoms in total. The average Bonchev–Trinajstić information content (AvgIpc) is 3.63. The van der Waals surface area contributed by atoms with Gasteiger partial charge in [0.05, 0.1) is 40.1 Å². The van der Waals surface area contributed by atoms with Gasteiger partial charge in [0.2, 0.25) is 0 Å². The van der Waals surface area contributed by atoms with Gasteiger partial charge in [-0.15, -0.1) is 0 Å². The number of halogens is 3. The Morgan fingerprint density at radius 2 is 1.90 bits per heavy atom. The molecule has 2 aromatic carbocycles. The van der Waals surface area contributed by atoms with Crippen molar-refractivity contribution in [2.24, 2.45) is 0 Å².